The zero-order valence-corrected chi connectivity index (χ0v) is 15.9. The molecule has 0 saturated heterocycles. The van der Waals surface area contributed by atoms with Gasteiger partial charge in [0.25, 0.3) is 0 Å². The number of hydrogen-bond donors (Lipinski definition) is 1. The summed E-state index contributed by atoms with van der Waals surface area (Å²) in [4.78, 5) is 28.6. The number of methoxy groups -OCH3 is 2. The van der Waals surface area contributed by atoms with Crippen LogP contribution in [0.25, 0.3) is 22.6 Å². The number of ether oxygens (including phenoxy) is 3. The van der Waals surface area contributed by atoms with Crippen LogP contribution in [0.4, 0.5) is 0 Å². The summed E-state index contributed by atoms with van der Waals surface area (Å²) in [5, 5.41) is 0. The summed E-state index contributed by atoms with van der Waals surface area (Å²) in [7, 11) is 2.93. The minimum absolute atomic E-state index is 0.275. The molecule has 0 saturated carbocycles. The number of imidazole rings is 1. The predicted molar refractivity (Wildman–Crippen MR) is 106 cm³/mol. The normalized spacial score (nSPS) is 10.8. The van der Waals surface area contributed by atoms with Crippen molar-refractivity contribution in [3.63, 3.8) is 0 Å². The van der Waals surface area contributed by atoms with Gasteiger partial charge in [-0.1, -0.05) is 6.07 Å². The number of pyridine rings is 2. The van der Waals surface area contributed by atoms with Crippen LogP contribution in [0.5, 0.6) is 11.5 Å². The number of H-pyrrole nitrogens is 1. The van der Waals surface area contributed by atoms with Gasteiger partial charge in [-0.15, -0.1) is 0 Å². The maximum Gasteiger partial charge on any atom is 0.341 e. The molecule has 0 atom stereocenters. The van der Waals surface area contributed by atoms with Crippen LogP contribution in [0.2, 0.25) is 0 Å². The zero-order chi connectivity index (χ0) is 20.2. The van der Waals surface area contributed by atoms with Crippen LogP contribution in [-0.4, -0.2) is 40.1 Å². The zero-order valence-electron chi connectivity index (χ0n) is 15.9. The number of aromatic amines is 1. The van der Waals surface area contributed by atoms with Gasteiger partial charge in [0.1, 0.15) is 22.8 Å². The Balaban J connectivity index is 1.73. The number of rotatable bonds is 6. The fraction of sp³-hybridized carbons (Fsp3) is 0.143. The van der Waals surface area contributed by atoms with E-state index in [1.165, 1.54) is 7.11 Å². The molecular weight excluding hydrogens is 372 g/mol. The van der Waals surface area contributed by atoms with Crippen molar-refractivity contribution in [2.45, 2.75) is 6.61 Å². The van der Waals surface area contributed by atoms with E-state index in [2.05, 4.69) is 19.9 Å². The average Bonchev–Trinajstić information content (AvgIpc) is 3.18. The van der Waals surface area contributed by atoms with Crippen LogP contribution in [-0.2, 0) is 16.1 Å². The second-order valence-electron chi connectivity index (χ2n) is 6.18. The van der Waals surface area contributed by atoms with Crippen LogP contribution < -0.4 is 4.74 Å². The van der Waals surface area contributed by atoms with Crippen LogP contribution in [0, 0.1) is 0 Å². The molecule has 8 heteroatoms. The smallest absolute Gasteiger partial charge is 0.341 e. The van der Waals surface area contributed by atoms with Crippen molar-refractivity contribution in [3.8, 4) is 23.0 Å². The number of nitrogens with zero attached hydrogens (tertiary/aromatic N) is 3. The Morgan fingerprint density at radius 2 is 2.00 bits per heavy atom. The number of carbonyl (C=O) groups excluding carboxylic acids is 1. The lowest BCUT2D eigenvalue weighted by molar-refractivity contribution is 0.0598. The van der Waals surface area contributed by atoms with Crippen LogP contribution in [0.15, 0.2) is 54.9 Å². The maximum absolute atomic E-state index is 12.3. The molecule has 0 spiro atoms. The van der Waals surface area contributed by atoms with Gasteiger partial charge in [0, 0.05) is 19.4 Å². The van der Waals surface area contributed by atoms with E-state index >= 15 is 0 Å². The highest BCUT2D eigenvalue weighted by atomic mass is 16.5. The largest absolute Gasteiger partial charge is 0.465 e. The van der Waals surface area contributed by atoms with Crippen molar-refractivity contribution in [1.29, 1.82) is 0 Å². The average molecular weight is 390 g/mol. The molecule has 8 nitrogen and oxygen atoms in total. The van der Waals surface area contributed by atoms with Gasteiger partial charge in [-0.2, -0.15) is 0 Å². The summed E-state index contributed by atoms with van der Waals surface area (Å²) in [5.41, 5.74) is 3.06. The van der Waals surface area contributed by atoms with Gasteiger partial charge in [-0.05, 0) is 30.3 Å². The molecule has 0 radical (unpaired) electrons. The molecule has 0 aliphatic heterocycles. The van der Waals surface area contributed by atoms with E-state index in [1.807, 2.05) is 18.2 Å². The first-order valence-corrected chi connectivity index (χ1v) is 8.83. The first kappa shape index (κ1) is 18.6. The topological polar surface area (TPSA) is 99.2 Å². The van der Waals surface area contributed by atoms with Crippen molar-refractivity contribution in [3.05, 3.63) is 66.1 Å². The quantitative estimate of drug-likeness (QED) is 0.501. The van der Waals surface area contributed by atoms with Gasteiger partial charge in [0.2, 0.25) is 0 Å². The van der Waals surface area contributed by atoms with E-state index < -0.39 is 5.97 Å². The number of hydrogen-bond acceptors (Lipinski definition) is 7. The van der Waals surface area contributed by atoms with Gasteiger partial charge >= 0.3 is 5.97 Å². The minimum atomic E-state index is -0.514. The lowest BCUT2D eigenvalue weighted by atomic mass is 10.1. The second-order valence-corrected chi connectivity index (χ2v) is 6.18. The Labute approximate surface area is 166 Å². The molecule has 4 rings (SSSR count). The predicted octanol–water partition coefficient (Wildman–Crippen LogP) is 3.75. The molecule has 1 N–H and O–H groups in total. The van der Waals surface area contributed by atoms with E-state index in [0.29, 0.717) is 40.7 Å². The Bertz CT molecular complexity index is 1140. The molecule has 4 aromatic rings. The highest BCUT2D eigenvalue weighted by Crippen LogP contribution is 2.31. The van der Waals surface area contributed by atoms with Crippen molar-refractivity contribution in [2.75, 3.05) is 14.2 Å². The van der Waals surface area contributed by atoms with Gasteiger partial charge in [-0.25, -0.2) is 9.78 Å². The third-order valence-corrected chi connectivity index (χ3v) is 4.21. The first-order valence-electron chi connectivity index (χ1n) is 8.83. The summed E-state index contributed by atoms with van der Waals surface area (Å²) in [6.45, 7) is 0.406. The van der Waals surface area contributed by atoms with Crippen molar-refractivity contribution in [1.82, 2.24) is 19.9 Å². The molecule has 0 bridgehead atoms. The number of nitrogens with one attached hydrogen (secondary N) is 1. The van der Waals surface area contributed by atoms with Crippen molar-refractivity contribution >= 4 is 17.0 Å². The van der Waals surface area contributed by atoms with Gasteiger partial charge in [-0.3, -0.25) is 9.97 Å². The van der Waals surface area contributed by atoms with Crippen LogP contribution >= 0.6 is 0 Å². The van der Waals surface area contributed by atoms with Crippen LogP contribution in [0.1, 0.15) is 16.1 Å². The number of fused-ring (bicyclic) bond motifs is 1. The van der Waals surface area contributed by atoms with E-state index in [1.54, 1.807) is 43.8 Å². The van der Waals surface area contributed by atoms with E-state index in [0.717, 1.165) is 5.69 Å². The molecule has 29 heavy (non-hydrogen) atoms. The molecule has 0 aliphatic carbocycles. The maximum atomic E-state index is 12.3. The first-order chi connectivity index (χ1) is 14.2. The summed E-state index contributed by atoms with van der Waals surface area (Å²) in [5.74, 6) is 0.888. The fourth-order valence-electron chi connectivity index (χ4n) is 2.85. The van der Waals surface area contributed by atoms with E-state index in [-0.39, 0.29) is 5.56 Å². The molecule has 3 heterocycles. The third-order valence-electron chi connectivity index (χ3n) is 4.21. The number of esters is 1. The van der Waals surface area contributed by atoms with E-state index in [9.17, 15) is 4.79 Å². The standard InChI is InChI=1S/C21H18N4O4/c1-27-12-13-6-7-14(11-23-13)29-19-10-18-17(9-15(19)21(26)28-2)24-20(25-18)16-5-3-4-8-22-16/h3-11H,12H2,1-2H3,(H,24,25). The molecule has 0 fully saturated rings. The van der Waals surface area contributed by atoms with Gasteiger partial charge < -0.3 is 19.2 Å². The molecule has 3 aromatic heterocycles. The molecule has 0 aliphatic rings. The fourth-order valence-corrected chi connectivity index (χ4v) is 2.85. The third kappa shape index (κ3) is 3.92. The summed E-state index contributed by atoms with van der Waals surface area (Å²) < 4.78 is 15.9. The number of benzene rings is 1. The Morgan fingerprint density at radius 3 is 2.69 bits per heavy atom. The van der Waals surface area contributed by atoms with Crippen molar-refractivity contribution < 1.29 is 19.0 Å². The molecular formula is C21H18N4O4. The molecule has 1 aromatic carbocycles. The Morgan fingerprint density at radius 1 is 1.10 bits per heavy atom. The number of carbonyl (C=O) groups is 1. The molecule has 0 amide bonds. The van der Waals surface area contributed by atoms with Gasteiger partial charge in [0.05, 0.1) is 36.6 Å². The second kappa shape index (κ2) is 8.07. The Hall–Kier alpha value is -3.78. The minimum Gasteiger partial charge on any atom is -0.465 e. The lowest BCUT2D eigenvalue weighted by Crippen LogP contribution is -2.04. The highest BCUT2D eigenvalue weighted by molar-refractivity contribution is 5.97. The SMILES string of the molecule is COCc1ccc(Oc2cc3nc(-c4ccccn4)[nH]c3cc2C(=O)OC)cn1. The summed E-state index contributed by atoms with van der Waals surface area (Å²) in [6, 6.07) is 12.5. The van der Waals surface area contributed by atoms with Crippen molar-refractivity contribution in [2.24, 2.45) is 0 Å². The summed E-state index contributed by atoms with van der Waals surface area (Å²) >= 11 is 0. The van der Waals surface area contributed by atoms with E-state index in [4.69, 9.17) is 14.2 Å². The van der Waals surface area contributed by atoms with Gasteiger partial charge in [0.15, 0.2) is 5.82 Å². The molecule has 0 unspecified atom stereocenters. The summed E-state index contributed by atoms with van der Waals surface area (Å²) in [6.07, 6.45) is 3.26. The lowest BCUT2D eigenvalue weighted by Gasteiger charge is -2.10. The Kier molecular flexibility index (Phi) is 5.17. The van der Waals surface area contributed by atoms with Crippen LogP contribution in [0.3, 0.4) is 0 Å². The highest BCUT2D eigenvalue weighted by Gasteiger charge is 2.18. The monoisotopic (exact) mass is 390 g/mol. The number of aromatic nitrogens is 4. The molecule has 146 valence electrons.